The molecule has 2 aliphatic heterocycles. The summed E-state index contributed by atoms with van der Waals surface area (Å²) in [6.07, 6.45) is 0.370. The number of aryl methyl sites for hydroxylation is 2. The van der Waals surface area contributed by atoms with Gasteiger partial charge in [-0.15, -0.1) is 0 Å². The van der Waals surface area contributed by atoms with Crippen LogP contribution in [0, 0.1) is 13.8 Å². The standard InChI is InChI=1S/C19H23N3O4/c1-13-3-4-15(14(2)11-13)19(26)21-9-7-20(8-10-21)18(25)12-22-16(23)5-6-17(22)24/h3-4,11H,5-10,12H2,1-2H3. The van der Waals surface area contributed by atoms with Gasteiger partial charge in [0, 0.05) is 44.6 Å². The first kappa shape index (κ1) is 18.1. The normalized spacial score (nSPS) is 17.8. The molecule has 0 spiro atoms. The summed E-state index contributed by atoms with van der Waals surface area (Å²) in [6, 6.07) is 5.75. The molecule has 0 bridgehead atoms. The van der Waals surface area contributed by atoms with Crippen LogP contribution in [0.1, 0.15) is 34.3 Å². The quantitative estimate of drug-likeness (QED) is 0.748. The van der Waals surface area contributed by atoms with Gasteiger partial charge in [0.25, 0.3) is 5.91 Å². The van der Waals surface area contributed by atoms with E-state index >= 15 is 0 Å². The minimum atomic E-state index is -0.285. The van der Waals surface area contributed by atoms with Crippen molar-refractivity contribution in [1.82, 2.24) is 14.7 Å². The second-order valence-electron chi connectivity index (χ2n) is 6.86. The zero-order valence-corrected chi connectivity index (χ0v) is 15.2. The highest BCUT2D eigenvalue weighted by Gasteiger charge is 2.33. The molecule has 2 aliphatic rings. The maximum absolute atomic E-state index is 12.7. The summed E-state index contributed by atoms with van der Waals surface area (Å²) in [6.45, 7) is 5.42. The number of likely N-dealkylation sites (tertiary alicyclic amines) is 1. The molecule has 2 heterocycles. The van der Waals surface area contributed by atoms with Crippen molar-refractivity contribution < 1.29 is 19.2 Å². The van der Waals surface area contributed by atoms with Gasteiger partial charge in [0.1, 0.15) is 6.54 Å². The summed E-state index contributed by atoms with van der Waals surface area (Å²) >= 11 is 0. The predicted molar refractivity (Wildman–Crippen MR) is 94.4 cm³/mol. The van der Waals surface area contributed by atoms with Gasteiger partial charge < -0.3 is 9.80 Å². The SMILES string of the molecule is Cc1ccc(C(=O)N2CCN(C(=O)CN3C(=O)CCC3=O)CC2)c(C)c1. The minimum absolute atomic E-state index is 0.0282. The molecule has 0 radical (unpaired) electrons. The van der Waals surface area contributed by atoms with Gasteiger partial charge >= 0.3 is 0 Å². The highest BCUT2D eigenvalue weighted by molar-refractivity contribution is 6.04. The van der Waals surface area contributed by atoms with Crippen molar-refractivity contribution in [3.8, 4) is 0 Å². The van der Waals surface area contributed by atoms with E-state index in [4.69, 9.17) is 0 Å². The molecule has 1 aromatic rings. The number of rotatable bonds is 3. The van der Waals surface area contributed by atoms with Crippen LogP contribution in [-0.2, 0) is 14.4 Å². The van der Waals surface area contributed by atoms with Gasteiger partial charge in [0.05, 0.1) is 0 Å². The molecule has 1 aromatic carbocycles. The number of imide groups is 1. The molecule has 138 valence electrons. The summed E-state index contributed by atoms with van der Waals surface area (Å²) < 4.78 is 0. The van der Waals surface area contributed by atoms with Crippen LogP contribution < -0.4 is 0 Å². The fourth-order valence-electron chi connectivity index (χ4n) is 3.42. The molecule has 2 fully saturated rings. The monoisotopic (exact) mass is 357 g/mol. The lowest BCUT2D eigenvalue weighted by Crippen LogP contribution is -2.53. The minimum Gasteiger partial charge on any atom is -0.338 e. The molecular weight excluding hydrogens is 334 g/mol. The van der Waals surface area contributed by atoms with Gasteiger partial charge in [-0.25, -0.2) is 0 Å². The van der Waals surface area contributed by atoms with Crippen molar-refractivity contribution in [2.24, 2.45) is 0 Å². The predicted octanol–water partition coefficient (Wildman–Crippen LogP) is 0.737. The van der Waals surface area contributed by atoms with E-state index < -0.39 is 0 Å². The first-order valence-electron chi connectivity index (χ1n) is 8.84. The average Bonchev–Trinajstić information content (AvgIpc) is 2.93. The summed E-state index contributed by atoms with van der Waals surface area (Å²) in [5.41, 5.74) is 2.74. The second kappa shape index (κ2) is 7.27. The first-order chi connectivity index (χ1) is 12.4. The van der Waals surface area contributed by atoms with Crippen LogP contribution in [0.2, 0.25) is 0 Å². The van der Waals surface area contributed by atoms with E-state index in [0.29, 0.717) is 31.7 Å². The summed E-state index contributed by atoms with van der Waals surface area (Å²) in [7, 11) is 0. The molecule has 7 heteroatoms. The average molecular weight is 357 g/mol. The van der Waals surface area contributed by atoms with Gasteiger partial charge in [0.15, 0.2) is 0 Å². The van der Waals surface area contributed by atoms with Gasteiger partial charge in [0.2, 0.25) is 17.7 Å². The highest BCUT2D eigenvalue weighted by Crippen LogP contribution is 2.16. The van der Waals surface area contributed by atoms with Crippen LogP contribution in [0.5, 0.6) is 0 Å². The van der Waals surface area contributed by atoms with Crippen molar-refractivity contribution in [3.63, 3.8) is 0 Å². The molecule has 0 saturated carbocycles. The van der Waals surface area contributed by atoms with Gasteiger partial charge in [-0.05, 0) is 25.5 Å². The number of hydrogen-bond donors (Lipinski definition) is 0. The van der Waals surface area contributed by atoms with Crippen LogP contribution >= 0.6 is 0 Å². The van der Waals surface area contributed by atoms with E-state index in [9.17, 15) is 19.2 Å². The zero-order valence-electron chi connectivity index (χ0n) is 15.2. The molecule has 0 aromatic heterocycles. The number of carbonyl (C=O) groups excluding carboxylic acids is 4. The van der Waals surface area contributed by atoms with E-state index in [2.05, 4.69) is 0 Å². The zero-order chi connectivity index (χ0) is 18.8. The smallest absolute Gasteiger partial charge is 0.254 e. The molecule has 2 saturated heterocycles. The third-order valence-electron chi connectivity index (χ3n) is 4.98. The summed E-state index contributed by atoms with van der Waals surface area (Å²) in [4.78, 5) is 52.7. The fraction of sp³-hybridized carbons (Fsp3) is 0.474. The Labute approximate surface area is 152 Å². The van der Waals surface area contributed by atoms with Crippen LogP contribution in [0.4, 0.5) is 0 Å². The Morgan fingerprint density at radius 3 is 2.08 bits per heavy atom. The maximum Gasteiger partial charge on any atom is 0.254 e. The fourth-order valence-corrected chi connectivity index (χ4v) is 3.42. The Kier molecular flexibility index (Phi) is 5.06. The van der Waals surface area contributed by atoms with Crippen molar-refractivity contribution in [1.29, 1.82) is 0 Å². The topological polar surface area (TPSA) is 78.0 Å². The first-order valence-corrected chi connectivity index (χ1v) is 8.84. The largest absolute Gasteiger partial charge is 0.338 e. The molecule has 0 atom stereocenters. The highest BCUT2D eigenvalue weighted by atomic mass is 16.2. The maximum atomic E-state index is 12.7. The van der Waals surface area contributed by atoms with Crippen LogP contribution in [0.3, 0.4) is 0 Å². The molecule has 0 unspecified atom stereocenters. The molecule has 3 rings (SSSR count). The molecule has 26 heavy (non-hydrogen) atoms. The van der Waals surface area contributed by atoms with Crippen LogP contribution in [0.25, 0.3) is 0 Å². The molecule has 0 N–H and O–H groups in total. The van der Waals surface area contributed by atoms with E-state index in [1.807, 2.05) is 32.0 Å². The Morgan fingerprint density at radius 2 is 1.50 bits per heavy atom. The lowest BCUT2D eigenvalue weighted by atomic mass is 10.0. The molecule has 0 aliphatic carbocycles. The Balaban J connectivity index is 1.57. The number of amides is 4. The second-order valence-corrected chi connectivity index (χ2v) is 6.86. The summed E-state index contributed by atoms with van der Waals surface area (Å²) in [5, 5.41) is 0. The molecule has 7 nitrogen and oxygen atoms in total. The lowest BCUT2D eigenvalue weighted by Gasteiger charge is -2.35. The Bertz CT molecular complexity index is 750. The number of carbonyl (C=O) groups is 4. The van der Waals surface area contributed by atoms with Gasteiger partial charge in [-0.1, -0.05) is 17.7 Å². The number of benzene rings is 1. The van der Waals surface area contributed by atoms with Crippen molar-refractivity contribution in [2.75, 3.05) is 32.7 Å². The van der Waals surface area contributed by atoms with E-state index in [1.54, 1.807) is 9.80 Å². The number of piperazine rings is 1. The van der Waals surface area contributed by atoms with Gasteiger partial charge in [-0.2, -0.15) is 0 Å². The van der Waals surface area contributed by atoms with Crippen molar-refractivity contribution in [2.45, 2.75) is 26.7 Å². The van der Waals surface area contributed by atoms with Crippen molar-refractivity contribution in [3.05, 3.63) is 34.9 Å². The van der Waals surface area contributed by atoms with E-state index in [0.717, 1.165) is 16.0 Å². The van der Waals surface area contributed by atoms with Crippen LogP contribution in [0.15, 0.2) is 18.2 Å². The number of nitrogens with zero attached hydrogens (tertiary/aromatic N) is 3. The van der Waals surface area contributed by atoms with E-state index in [-0.39, 0.29) is 43.0 Å². The van der Waals surface area contributed by atoms with E-state index in [1.165, 1.54) is 0 Å². The third-order valence-corrected chi connectivity index (χ3v) is 4.98. The van der Waals surface area contributed by atoms with Gasteiger partial charge in [-0.3, -0.25) is 24.1 Å². The Hall–Kier alpha value is -2.70. The lowest BCUT2D eigenvalue weighted by molar-refractivity contribution is -0.146. The third kappa shape index (κ3) is 3.61. The van der Waals surface area contributed by atoms with Crippen molar-refractivity contribution >= 4 is 23.6 Å². The Morgan fingerprint density at radius 1 is 0.923 bits per heavy atom. The van der Waals surface area contributed by atoms with Crippen LogP contribution in [-0.4, -0.2) is 71.1 Å². The molecular formula is C19H23N3O4. The molecule has 4 amide bonds. The summed E-state index contributed by atoms with van der Waals surface area (Å²) in [5.74, 6) is -0.842. The number of hydrogen-bond acceptors (Lipinski definition) is 4.